The number of carbonyl (C=O) groups excluding carboxylic acids is 1. The lowest BCUT2D eigenvalue weighted by Gasteiger charge is -2.31. The maximum atomic E-state index is 13.6. The summed E-state index contributed by atoms with van der Waals surface area (Å²) in [6.45, 7) is 8.45. The van der Waals surface area contributed by atoms with E-state index in [2.05, 4.69) is 26.0 Å². The van der Waals surface area contributed by atoms with Crippen LogP contribution in [0.4, 0.5) is 10.5 Å². The van der Waals surface area contributed by atoms with Gasteiger partial charge in [0.25, 0.3) is 0 Å². The fraction of sp³-hybridized carbons (Fsp3) is 0.480. The van der Waals surface area contributed by atoms with E-state index in [0.29, 0.717) is 18.1 Å². The van der Waals surface area contributed by atoms with Gasteiger partial charge >= 0.3 is 6.03 Å². The van der Waals surface area contributed by atoms with Crippen molar-refractivity contribution in [3.8, 4) is 0 Å². The molecule has 4 heteroatoms. The van der Waals surface area contributed by atoms with Crippen molar-refractivity contribution in [2.45, 2.75) is 65.8 Å². The summed E-state index contributed by atoms with van der Waals surface area (Å²) in [5, 5.41) is 0.703. The highest BCUT2D eigenvalue weighted by molar-refractivity contribution is 6.31. The molecule has 0 N–H and O–H groups in total. The molecule has 0 radical (unpaired) electrons. The van der Waals surface area contributed by atoms with E-state index in [-0.39, 0.29) is 6.03 Å². The first-order valence-corrected chi connectivity index (χ1v) is 11.3. The van der Waals surface area contributed by atoms with E-state index in [9.17, 15) is 4.79 Å². The zero-order valence-corrected chi connectivity index (χ0v) is 18.9. The number of aryl methyl sites for hydroxylation is 1. The topological polar surface area (TPSA) is 23.6 Å². The Balaban J connectivity index is 2.24. The lowest BCUT2D eigenvalue weighted by atomic mass is 10.1. The molecule has 0 unspecified atom stereocenters. The highest BCUT2D eigenvalue weighted by atomic mass is 35.5. The third-order valence-corrected chi connectivity index (χ3v) is 5.61. The van der Waals surface area contributed by atoms with Crippen LogP contribution in [0.3, 0.4) is 0 Å². The van der Waals surface area contributed by atoms with Crippen molar-refractivity contribution < 1.29 is 4.79 Å². The molecule has 29 heavy (non-hydrogen) atoms. The summed E-state index contributed by atoms with van der Waals surface area (Å²) >= 11 is 6.37. The number of benzene rings is 2. The van der Waals surface area contributed by atoms with Crippen molar-refractivity contribution in [1.82, 2.24) is 4.90 Å². The highest BCUT2D eigenvalue weighted by Crippen LogP contribution is 2.25. The minimum absolute atomic E-state index is 0.0683. The second-order valence-electron chi connectivity index (χ2n) is 7.69. The number of hydrogen-bond donors (Lipinski definition) is 0. The summed E-state index contributed by atoms with van der Waals surface area (Å²) in [6.07, 6.45) is 6.59. The predicted molar refractivity (Wildman–Crippen MR) is 125 cm³/mol. The van der Waals surface area contributed by atoms with Gasteiger partial charge in [0.05, 0.1) is 0 Å². The molecule has 0 aliphatic rings. The van der Waals surface area contributed by atoms with Gasteiger partial charge in [-0.3, -0.25) is 4.90 Å². The van der Waals surface area contributed by atoms with Gasteiger partial charge in [-0.15, -0.1) is 0 Å². The van der Waals surface area contributed by atoms with Gasteiger partial charge in [0.15, 0.2) is 0 Å². The number of carbonyl (C=O) groups is 1. The predicted octanol–water partition coefficient (Wildman–Crippen LogP) is 7.46. The van der Waals surface area contributed by atoms with Crippen LogP contribution in [0.25, 0.3) is 0 Å². The summed E-state index contributed by atoms with van der Waals surface area (Å²) in [6, 6.07) is 16.2. The minimum atomic E-state index is 0.0683. The normalized spacial score (nSPS) is 10.8. The standard InChI is InChI=1S/C25H35ClN2O/c1-4-6-8-12-17-27(20-22-13-10-9-11-14-22)25(29)28(18-7-5-2)23-16-15-21(3)24(26)19-23/h9-11,13-16,19H,4-8,12,17-18,20H2,1-3H3. The molecule has 2 amide bonds. The molecular weight excluding hydrogens is 380 g/mol. The zero-order valence-electron chi connectivity index (χ0n) is 18.2. The van der Waals surface area contributed by atoms with Gasteiger partial charge < -0.3 is 4.90 Å². The van der Waals surface area contributed by atoms with Crippen LogP contribution in [0, 0.1) is 6.92 Å². The van der Waals surface area contributed by atoms with Crippen LogP contribution < -0.4 is 4.90 Å². The first-order chi connectivity index (χ1) is 14.1. The van der Waals surface area contributed by atoms with Gasteiger partial charge in [-0.1, -0.05) is 87.5 Å². The summed E-state index contributed by atoms with van der Waals surface area (Å²) in [5.74, 6) is 0. The lowest BCUT2D eigenvalue weighted by molar-refractivity contribution is 0.200. The first kappa shape index (κ1) is 23.3. The van der Waals surface area contributed by atoms with E-state index in [1.165, 1.54) is 12.8 Å². The average Bonchev–Trinajstić information content (AvgIpc) is 2.73. The Labute approximate surface area is 181 Å². The number of amides is 2. The molecule has 3 nitrogen and oxygen atoms in total. The van der Waals surface area contributed by atoms with Crippen LogP contribution in [-0.2, 0) is 6.54 Å². The Kier molecular flexibility index (Phi) is 10.1. The van der Waals surface area contributed by atoms with E-state index in [1.54, 1.807) is 0 Å². The molecule has 2 rings (SSSR count). The molecule has 0 spiro atoms. The zero-order chi connectivity index (χ0) is 21.1. The molecule has 0 saturated carbocycles. The number of urea groups is 1. The second kappa shape index (κ2) is 12.5. The van der Waals surface area contributed by atoms with Crippen LogP contribution in [-0.4, -0.2) is 24.0 Å². The van der Waals surface area contributed by atoms with Crippen LogP contribution >= 0.6 is 11.6 Å². The van der Waals surface area contributed by atoms with Crippen molar-refractivity contribution in [2.24, 2.45) is 0 Å². The monoisotopic (exact) mass is 414 g/mol. The third-order valence-electron chi connectivity index (χ3n) is 5.20. The van der Waals surface area contributed by atoms with Crippen LogP contribution in [0.5, 0.6) is 0 Å². The largest absolute Gasteiger partial charge is 0.324 e. The quantitative estimate of drug-likeness (QED) is 0.350. The van der Waals surface area contributed by atoms with E-state index in [0.717, 1.165) is 49.0 Å². The number of halogens is 1. The molecule has 0 heterocycles. The number of rotatable bonds is 11. The Hall–Kier alpha value is -2.00. The van der Waals surface area contributed by atoms with Crippen LogP contribution in [0.15, 0.2) is 48.5 Å². The second-order valence-corrected chi connectivity index (χ2v) is 8.10. The van der Waals surface area contributed by atoms with E-state index < -0.39 is 0 Å². The van der Waals surface area contributed by atoms with Gasteiger partial charge in [0.1, 0.15) is 0 Å². The van der Waals surface area contributed by atoms with Crippen molar-refractivity contribution in [1.29, 1.82) is 0 Å². The fourth-order valence-corrected chi connectivity index (χ4v) is 3.52. The lowest BCUT2D eigenvalue weighted by Crippen LogP contribution is -2.44. The molecular formula is C25H35ClN2O. The molecule has 0 aromatic heterocycles. The number of nitrogens with zero attached hydrogens (tertiary/aromatic N) is 2. The Morgan fingerprint density at radius 1 is 0.897 bits per heavy atom. The SMILES string of the molecule is CCCCCCN(Cc1ccccc1)C(=O)N(CCCC)c1ccc(C)c(Cl)c1. The van der Waals surface area contributed by atoms with Crippen molar-refractivity contribution in [2.75, 3.05) is 18.0 Å². The molecule has 158 valence electrons. The molecule has 2 aromatic carbocycles. The fourth-order valence-electron chi connectivity index (χ4n) is 3.35. The smallest absolute Gasteiger partial charge is 0.320 e. The van der Waals surface area contributed by atoms with Crippen LogP contribution in [0.1, 0.15) is 63.5 Å². The van der Waals surface area contributed by atoms with Crippen molar-refractivity contribution in [3.05, 3.63) is 64.7 Å². The molecule has 0 fully saturated rings. The maximum Gasteiger partial charge on any atom is 0.324 e. The van der Waals surface area contributed by atoms with Gasteiger partial charge in [0.2, 0.25) is 0 Å². The van der Waals surface area contributed by atoms with E-state index in [4.69, 9.17) is 11.6 Å². The first-order valence-electron chi connectivity index (χ1n) is 10.9. The molecule has 0 atom stereocenters. The van der Waals surface area contributed by atoms with E-state index in [1.807, 2.05) is 53.1 Å². The van der Waals surface area contributed by atoms with Crippen molar-refractivity contribution in [3.63, 3.8) is 0 Å². The van der Waals surface area contributed by atoms with Gasteiger partial charge in [-0.05, 0) is 43.0 Å². The summed E-state index contributed by atoms with van der Waals surface area (Å²) in [7, 11) is 0. The van der Waals surface area contributed by atoms with E-state index >= 15 is 0 Å². The van der Waals surface area contributed by atoms with Crippen LogP contribution in [0.2, 0.25) is 5.02 Å². The van der Waals surface area contributed by atoms with Gasteiger partial charge in [-0.25, -0.2) is 4.79 Å². The molecule has 2 aromatic rings. The highest BCUT2D eigenvalue weighted by Gasteiger charge is 2.22. The maximum absolute atomic E-state index is 13.6. The Bertz CT molecular complexity index is 748. The molecule has 0 saturated heterocycles. The molecule has 0 aliphatic carbocycles. The van der Waals surface area contributed by atoms with Gasteiger partial charge in [0, 0.05) is 30.3 Å². The number of unbranched alkanes of at least 4 members (excludes halogenated alkanes) is 4. The van der Waals surface area contributed by atoms with Crippen molar-refractivity contribution >= 4 is 23.3 Å². The Morgan fingerprint density at radius 3 is 2.28 bits per heavy atom. The summed E-state index contributed by atoms with van der Waals surface area (Å²) in [5.41, 5.74) is 3.07. The number of hydrogen-bond acceptors (Lipinski definition) is 1. The Morgan fingerprint density at radius 2 is 1.62 bits per heavy atom. The summed E-state index contributed by atoms with van der Waals surface area (Å²) < 4.78 is 0. The molecule has 0 bridgehead atoms. The minimum Gasteiger partial charge on any atom is -0.320 e. The number of anilines is 1. The van der Waals surface area contributed by atoms with Gasteiger partial charge in [-0.2, -0.15) is 0 Å². The summed E-state index contributed by atoms with van der Waals surface area (Å²) in [4.78, 5) is 17.5. The average molecular weight is 415 g/mol. The third kappa shape index (κ3) is 7.40. The molecule has 0 aliphatic heterocycles.